The van der Waals surface area contributed by atoms with Crippen LogP contribution in [0.5, 0.6) is 0 Å². The maximum atomic E-state index is 14.5. The minimum absolute atomic E-state index is 0. The third-order valence-corrected chi connectivity index (χ3v) is 22.1. The SMILES string of the molecule is CCCCCCC1=C(C)c2nc1cc1[n-]c(c(C)c1CCCCCC)c(-c1ccc(B(O)O)cc1)c1nc(cc3[n-]c(c(C)c3CCCCCC)c2-c2ccc(C3OCC(n4c(=O)c5cc6c(=O)n(-c7cc(C(C)(C)C)ccc7C(C)(C)C)c(=O)c6cc5c4=O)CO3)cc2)C(CCCCCC)=C1C.[Zn+2]. The molecule has 0 atom stereocenters. The molecule has 104 heavy (non-hydrogen) atoms. The molecule has 14 nitrogen and oxygen atoms in total. The number of hydrogen-bond acceptors (Lipinski definition) is 10. The first-order valence-electron chi connectivity index (χ1n) is 38.4. The Bertz CT molecular complexity index is 5050. The summed E-state index contributed by atoms with van der Waals surface area (Å²) in [5.41, 5.74) is 20.7. The van der Waals surface area contributed by atoms with Crippen molar-refractivity contribution in [3.8, 4) is 27.9 Å². The van der Waals surface area contributed by atoms with E-state index < -0.39 is 47.1 Å². The number of rotatable bonds is 26. The van der Waals surface area contributed by atoms with Gasteiger partial charge in [0.15, 0.2) is 6.29 Å². The molecule has 0 unspecified atom stereocenters. The van der Waals surface area contributed by atoms with E-state index in [9.17, 15) is 29.2 Å². The predicted molar refractivity (Wildman–Crippen MR) is 425 cm³/mol. The molecule has 5 aromatic heterocycles. The van der Waals surface area contributed by atoms with Crippen molar-refractivity contribution in [1.29, 1.82) is 0 Å². The second-order valence-corrected chi connectivity index (χ2v) is 31.4. The summed E-state index contributed by atoms with van der Waals surface area (Å²) >= 11 is 0. The van der Waals surface area contributed by atoms with Crippen molar-refractivity contribution in [2.75, 3.05) is 13.2 Å². The monoisotopic (exact) mass is 1450 g/mol. The van der Waals surface area contributed by atoms with Crippen molar-refractivity contribution >= 4 is 78.5 Å². The van der Waals surface area contributed by atoms with Gasteiger partial charge in [-0.2, -0.15) is 0 Å². The van der Waals surface area contributed by atoms with Crippen molar-refractivity contribution in [1.82, 2.24) is 29.1 Å². The molecule has 3 aliphatic rings. The summed E-state index contributed by atoms with van der Waals surface area (Å²) in [5.74, 6) is 0. The van der Waals surface area contributed by atoms with Crippen LogP contribution < -0.4 is 37.7 Å². The number of unbranched alkanes of at least 4 members (excludes halogenated alkanes) is 12. The minimum Gasteiger partial charge on any atom is -0.657 e. The van der Waals surface area contributed by atoms with Crippen LogP contribution in [-0.4, -0.2) is 49.5 Å². The largest absolute Gasteiger partial charge is 2.00 e. The van der Waals surface area contributed by atoms with Gasteiger partial charge in [-0.3, -0.25) is 23.7 Å². The summed E-state index contributed by atoms with van der Waals surface area (Å²) in [4.78, 5) is 81.2. The van der Waals surface area contributed by atoms with E-state index >= 15 is 0 Å². The van der Waals surface area contributed by atoms with Gasteiger partial charge in [0.1, 0.15) is 0 Å². The number of hydrogen-bond donors (Lipinski definition) is 2. The Labute approximate surface area is 626 Å². The Morgan fingerprint density at radius 1 is 0.500 bits per heavy atom. The van der Waals surface area contributed by atoms with Crippen molar-refractivity contribution in [3.63, 3.8) is 0 Å². The molecule has 540 valence electrons. The molecule has 3 aliphatic heterocycles. The number of fused-ring (bicyclic) bond motifs is 10. The molecule has 9 aromatic rings. The molecule has 0 radical (unpaired) electrons. The number of benzene rings is 4. The van der Waals surface area contributed by atoms with Crippen LogP contribution in [-0.2, 0) is 52.6 Å². The zero-order valence-electron chi connectivity index (χ0n) is 64.2. The van der Waals surface area contributed by atoms with E-state index in [2.05, 4.69) is 100 Å². The minimum atomic E-state index is -1.61. The van der Waals surface area contributed by atoms with Crippen LogP contribution in [0.1, 0.15) is 273 Å². The Morgan fingerprint density at radius 3 is 1.32 bits per heavy atom. The van der Waals surface area contributed by atoms with Crippen LogP contribution >= 0.6 is 0 Å². The van der Waals surface area contributed by atoms with E-state index in [1.807, 2.05) is 63.2 Å². The average Bonchev–Trinajstić information content (AvgIpc) is 1.57. The fourth-order valence-corrected chi connectivity index (χ4v) is 15.9. The molecule has 8 heterocycles. The first kappa shape index (κ1) is 77.4. The van der Waals surface area contributed by atoms with Gasteiger partial charge in [0, 0.05) is 5.56 Å². The fourth-order valence-electron chi connectivity index (χ4n) is 15.9. The van der Waals surface area contributed by atoms with E-state index in [0.717, 1.165) is 239 Å². The second kappa shape index (κ2) is 32.6. The Balaban J connectivity index is 0.0000108. The summed E-state index contributed by atoms with van der Waals surface area (Å²) in [6.45, 7) is 30.3. The molecule has 4 aromatic carbocycles. The standard InChI is InChI=1S/C88H105BN6O8.Zn/c1-15-19-23-27-31-62-52(5)78-76(56-35-37-58(38-36-56)86-102-50-61(51-103-86)94-82(96)66-46-68-69(47-67(66)83(94)97)85(99)95(84(68)98)75-45-59(87(9,10)11)41-44-70(75)88(12,13)14)79-53(6)63(32-28-24-20-16-2)72(91-79)49-74-65(34-30-26-22-18-4)55(8)81(93-74)77(57-39-42-60(43-40-57)89(100)101)80-54(7)64(33-29-25-21-17-3)73(92-80)48-71(62)90-78;/h35-49,61,86,100-101H,15-34,50-51H2,1-14H3;/q-2;+2. The summed E-state index contributed by atoms with van der Waals surface area (Å²) in [6.07, 6.45) is 20.1. The molecule has 2 N–H and O–H groups in total. The molecule has 0 spiro atoms. The van der Waals surface area contributed by atoms with Gasteiger partial charge in [0.05, 0.1) is 69.3 Å². The first-order valence-corrected chi connectivity index (χ1v) is 38.4. The van der Waals surface area contributed by atoms with E-state index in [-0.39, 0.29) is 59.7 Å². The predicted octanol–water partition coefficient (Wildman–Crippen LogP) is 18.3. The second-order valence-electron chi connectivity index (χ2n) is 31.4. The first-order chi connectivity index (χ1) is 49.4. The molecule has 0 amide bonds. The molecular weight excluding hydrogens is 1350 g/mol. The molecule has 8 bridgehead atoms. The third kappa shape index (κ3) is 15.3. The average molecular weight is 1450 g/mol. The maximum absolute atomic E-state index is 14.5. The fraction of sp³-hybridized carbons (Fsp3) is 0.455. The summed E-state index contributed by atoms with van der Waals surface area (Å²) < 4.78 is 15.4. The quantitative estimate of drug-likeness (QED) is 0.0386. The van der Waals surface area contributed by atoms with E-state index in [0.29, 0.717) is 11.2 Å². The van der Waals surface area contributed by atoms with Crippen molar-refractivity contribution in [2.45, 2.75) is 249 Å². The van der Waals surface area contributed by atoms with Gasteiger partial charge in [0.25, 0.3) is 22.2 Å². The number of aromatic nitrogens is 6. The van der Waals surface area contributed by atoms with Gasteiger partial charge in [-0.15, -0.1) is 22.1 Å². The smallest absolute Gasteiger partial charge is 0.657 e. The van der Waals surface area contributed by atoms with Crippen molar-refractivity contribution in [2.24, 2.45) is 0 Å². The Hall–Kier alpha value is -7.71. The van der Waals surface area contributed by atoms with Crippen LogP contribution in [0.4, 0.5) is 0 Å². The molecule has 16 heteroatoms. The molecule has 1 saturated heterocycles. The summed E-state index contributed by atoms with van der Waals surface area (Å²) in [7, 11) is -1.61. The van der Waals surface area contributed by atoms with Gasteiger partial charge in [-0.05, 0) is 169 Å². The van der Waals surface area contributed by atoms with Crippen LogP contribution in [0.15, 0.2) is 110 Å². The Kier molecular flexibility index (Phi) is 24.2. The zero-order valence-corrected chi connectivity index (χ0v) is 67.2. The summed E-state index contributed by atoms with van der Waals surface area (Å²) in [5, 5.41) is 21.0. The van der Waals surface area contributed by atoms with E-state index in [4.69, 9.17) is 29.4 Å². The Morgan fingerprint density at radius 2 is 0.913 bits per heavy atom. The van der Waals surface area contributed by atoms with Gasteiger partial charge < -0.3 is 29.5 Å². The van der Waals surface area contributed by atoms with E-state index in [1.54, 1.807) is 12.1 Å². The van der Waals surface area contributed by atoms with Crippen LogP contribution in [0, 0.1) is 13.8 Å². The third-order valence-electron chi connectivity index (χ3n) is 22.1. The van der Waals surface area contributed by atoms with Gasteiger partial charge in [-0.1, -0.05) is 241 Å². The topological polar surface area (TPSA) is 191 Å². The molecule has 12 rings (SSSR count). The van der Waals surface area contributed by atoms with E-state index in [1.165, 1.54) is 39.0 Å². The number of aryl methyl sites for hydroxylation is 4. The maximum Gasteiger partial charge on any atom is 2.00 e. The zero-order chi connectivity index (χ0) is 73.3. The molecular formula is C88H105BN6O8Zn. The number of ether oxygens (including phenoxy) is 2. The molecule has 0 aliphatic carbocycles. The van der Waals surface area contributed by atoms with Gasteiger partial charge in [-0.25, -0.2) is 14.5 Å². The van der Waals surface area contributed by atoms with Crippen molar-refractivity contribution in [3.05, 3.63) is 194 Å². The van der Waals surface area contributed by atoms with Gasteiger partial charge >= 0.3 is 26.6 Å². The van der Waals surface area contributed by atoms with Gasteiger partial charge in [0.2, 0.25) is 0 Å². The molecule has 1 fully saturated rings. The number of allylic oxidation sites excluding steroid dienone is 4. The van der Waals surface area contributed by atoms with Crippen molar-refractivity contribution < 1.29 is 39.0 Å². The normalized spacial score (nSPS) is 15.2. The molecule has 0 saturated carbocycles. The van der Waals surface area contributed by atoms with Crippen LogP contribution in [0.3, 0.4) is 0 Å². The number of nitrogens with zero attached hydrogens (tertiary/aromatic N) is 6. The summed E-state index contributed by atoms with van der Waals surface area (Å²) in [6, 6.07) is 28.4. The van der Waals surface area contributed by atoms with Crippen LogP contribution in [0.25, 0.3) is 93.8 Å². The van der Waals surface area contributed by atoms with Crippen LogP contribution in [0.2, 0.25) is 0 Å².